The largest absolute Gasteiger partial charge is 0.496 e. The van der Waals surface area contributed by atoms with Gasteiger partial charge in [-0.2, -0.15) is 0 Å². The minimum Gasteiger partial charge on any atom is -0.496 e. The van der Waals surface area contributed by atoms with Crippen molar-refractivity contribution >= 4 is 5.91 Å². The van der Waals surface area contributed by atoms with E-state index in [2.05, 4.69) is 0 Å². The molecule has 110 valence electrons. The Morgan fingerprint density at radius 1 is 1.40 bits per heavy atom. The minimum absolute atomic E-state index is 0.0117. The lowest BCUT2D eigenvalue weighted by Gasteiger charge is -2.23. The van der Waals surface area contributed by atoms with Crippen LogP contribution in [0.3, 0.4) is 0 Å². The van der Waals surface area contributed by atoms with Gasteiger partial charge in [-0.15, -0.1) is 0 Å². The van der Waals surface area contributed by atoms with Gasteiger partial charge >= 0.3 is 0 Å². The first-order chi connectivity index (χ1) is 9.63. The summed E-state index contributed by atoms with van der Waals surface area (Å²) in [6, 6.07) is 7.97. The summed E-state index contributed by atoms with van der Waals surface area (Å²) in [5.74, 6) is 1.08. The van der Waals surface area contributed by atoms with Gasteiger partial charge in [-0.05, 0) is 30.9 Å². The maximum absolute atomic E-state index is 12.3. The highest BCUT2D eigenvalue weighted by Crippen LogP contribution is 2.26. The molecule has 20 heavy (non-hydrogen) atoms. The predicted molar refractivity (Wildman–Crippen MR) is 79.7 cm³/mol. The van der Waals surface area contributed by atoms with Crippen molar-refractivity contribution in [3.63, 3.8) is 0 Å². The smallest absolute Gasteiger partial charge is 0.226 e. The summed E-state index contributed by atoms with van der Waals surface area (Å²) < 4.78 is 5.33. The van der Waals surface area contributed by atoms with Gasteiger partial charge in [-0.25, -0.2) is 0 Å². The second-order valence-corrected chi connectivity index (χ2v) is 5.52. The molecular weight excluding hydrogens is 252 g/mol. The maximum Gasteiger partial charge on any atom is 0.226 e. The molecule has 1 aromatic rings. The topological polar surface area (TPSA) is 55.6 Å². The number of likely N-dealkylation sites (N-methyl/N-ethyl adjacent to an activating group) is 1. The van der Waals surface area contributed by atoms with E-state index in [1.807, 2.05) is 36.2 Å². The second kappa shape index (κ2) is 6.75. The van der Waals surface area contributed by atoms with Crippen LogP contribution in [-0.4, -0.2) is 37.6 Å². The number of carbonyl (C=O) groups excluding carboxylic acids is 1. The lowest BCUT2D eigenvalue weighted by Crippen LogP contribution is -2.40. The minimum atomic E-state index is 0.0117. The van der Waals surface area contributed by atoms with Crippen LogP contribution in [0.4, 0.5) is 0 Å². The van der Waals surface area contributed by atoms with E-state index in [0.717, 1.165) is 37.0 Å². The number of rotatable bonds is 5. The zero-order chi connectivity index (χ0) is 14.5. The van der Waals surface area contributed by atoms with E-state index in [0.29, 0.717) is 6.54 Å². The molecule has 0 aliphatic heterocycles. The average Bonchev–Trinajstić information content (AvgIpc) is 2.90. The molecule has 2 rings (SSSR count). The molecule has 2 N–H and O–H groups in total. The molecule has 4 heteroatoms. The summed E-state index contributed by atoms with van der Waals surface area (Å²) >= 11 is 0. The van der Waals surface area contributed by atoms with Crippen molar-refractivity contribution in [1.29, 1.82) is 0 Å². The Morgan fingerprint density at radius 3 is 2.80 bits per heavy atom. The van der Waals surface area contributed by atoms with Crippen LogP contribution in [0.5, 0.6) is 5.75 Å². The van der Waals surface area contributed by atoms with Crippen molar-refractivity contribution in [2.75, 3.05) is 20.7 Å². The summed E-state index contributed by atoms with van der Waals surface area (Å²) in [5.41, 5.74) is 7.13. The van der Waals surface area contributed by atoms with Crippen LogP contribution in [0.15, 0.2) is 24.3 Å². The van der Waals surface area contributed by atoms with Crippen molar-refractivity contribution in [2.24, 2.45) is 11.7 Å². The average molecular weight is 276 g/mol. The molecule has 1 aromatic carbocycles. The van der Waals surface area contributed by atoms with Crippen LogP contribution in [0.2, 0.25) is 0 Å². The van der Waals surface area contributed by atoms with Crippen LogP contribution in [0.1, 0.15) is 24.8 Å². The van der Waals surface area contributed by atoms with Crippen LogP contribution >= 0.6 is 0 Å². The normalized spacial score (nSPS) is 21.8. The molecule has 2 atom stereocenters. The molecule has 0 aromatic heterocycles. The van der Waals surface area contributed by atoms with E-state index in [1.165, 1.54) is 0 Å². The number of para-hydroxylation sites is 1. The van der Waals surface area contributed by atoms with E-state index in [1.54, 1.807) is 7.11 Å². The number of carbonyl (C=O) groups is 1. The number of methoxy groups -OCH3 is 1. The first-order valence-corrected chi connectivity index (χ1v) is 7.26. The summed E-state index contributed by atoms with van der Waals surface area (Å²) in [7, 11) is 3.54. The fourth-order valence-electron chi connectivity index (χ4n) is 2.89. The van der Waals surface area contributed by atoms with E-state index in [9.17, 15) is 4.79 Å². The Morgan fingerprint density at radius 2 is 2.15 bits per heavy atom. The summed E-state index contributed by atoms with van der Waals surface area (Å²) in [6.07, 6.45) is 3.77. The molecule has 0 spiro atoms. The zero-order valence-electron chi connectivity index (χ0n) is 12.3. The molecule has 4 nitrogen and oxygen atoms in total. The highest BCUT2D eigenvalue weighted by molar-refractivity contribution is 5.79. The van der Waals surface area contributed by atoms with Crippen LogP contribution < -0.4 is 10.5 Å². The van der Waals surface area contributed by atoms with Crippen LogP contribution in [-0.2, 0) is 11.2 Å². The number of hydrogen-bond donors (Lipinski definition) is 1. The quantitative estimate of drug-likeness (QED) is 0.892. The third-order valence-electron chi connectivity index (χ3n) is 4.17. The number of nitrogens with two attached hydrogens (primary N) is 1. The van der Waals surface area contributed by atoms with Gasteiger partial charge in [0.1, 0.15) is 5.75 Å². The Bertz CT molecular complexity index is 462. The number of hydrogen-bond acceptors (Lipinski definition) is 3. The van der Waals surface area contributed by atoms with Gasteiger partial charge in [0.05, 0.1) is 13.0 Å². The van der Waals surface area contributed by atoms with Gasteiger partial charge in [-0.1, -0.05) is 24.6 Å². The Labute approximate surface area is 120 Å². The predicted octanol–water partition coefficient (Wildman–Crippen LogP) is 1.82. The summed E-state index contributed by atoms with van der Waals surface area (Å²) in [5, 5.41) is 0. The first kappa shape index (κ1) is 14.9. The fourth-order valence-corrected chi connectivity index (χ4v) is 2.89. The molecule has 1 saturated carbocycles. The van der Waals surface area contributed by atoms with Crippen molar-refractivity contribution < 1.29 is 9.53 Å². The monoisotopic (exact) mass is 276 g/mol. The van der Waals surface area contributed by atoms with Crippen molar-refractivity contribution in [3.05, 3.63) is 29.8 Å². The SMILES string of the molecule is COc1ccccc1CCN(C)C(=O)[C@H]1CCC[C@@H]1N. The molecule has 1 fully saturated rings. The highest BCUT2D eigenvalue weighted by Gasteiger charge is 2.31. The van der Waals surface area contributed by atoms with Crippen molar-refractivity contribution in [2.45, 2.75) is 31.7 Å². The molecule has 0 saturated heterocycles. The van der Waals surface area contributed by atoms with Gasteiger partial charge in [-0.3, -0.25) is 4.79 Å². The molecule has 0 heterocycles. The first-order valence-electron chi connectivity index (χ1n) is 7.26. The second-order valence-electron chi connectivity index (χ2n) is 5.52. The molecule has 0 bridgehead atoms. The third kappa shape index (κ3) is 3.31. The molecule has 1 amide bonds. The van der Waals surface area contributed by atoms with Gasteiger partial charge in [0.25, 0.3) is 0 Å². The maximum atomic E-state index is 12.3. The van der Waals surface area contributed by atoms with Gasteiger partial charge in [0.15, 0.2) is 0 Å². The third-order valence-corrected chi connectivity index (χ3v) is 4.17. The number of benzene rings is 1. The molecule has 1 aliphatic carbocycles. The molecular formula is C16H24N2O2. The lowest BCUT2D eigenvalue weighted by atomic mass is 10.0. The highest BCUT2D eigenvalue weighted by atomic mass is 16.5. The molecule has 0 unspecified atom stereocenters. The van der Waals surface area contributed by atoms with Crippen LogP contribution in [0.25, 0.3) is 0 Å². The number of amides is 1. The van der Waals surface area contributed by atoms with Crippen LogP contribution in [0, 0.1) is 5.92 Å². The summed E-state index contributed by atoms with van der Waals surface area (Å²) in [4.78, 5) is 14.2. The molecule has 1 aliphatic rings. The van der Waals surface area contributed by atoms with E-state index in [-0.39, 0.29) is 17.9 Å². The Hall–Kier alpha value is -1.55. The van der Waals surface area contributed by atoms with E-state index < -0.39 is 0 Å². The lowest BCUT2D eigenvalue weighted by molar-refractivity contribution is -0.134. The van der Waals surface area contributed by atoms with Gasteiger partial charge < -0.3 is 15.4 Å². The van der Waals surface area contributed by atoms with Crippen molar-refractivity contribution in [1.82, 2.24) is 4.90 Å². The standard InChI is InChI=1S/C16H24N2O2/c1-18(16(19)13-7-5-8-14(13)17)11-10-12-6-3-4-9-15(12)20-2/h3-4,6,9,13-14H,5,7-8,10-11,17H2,1-2H3/t13-,14-/m0/s1. The van der Waals surface area contributed by atoms with Gasteiger partial charge in [0, 0.05) is 19.6 Å². The van der Waals surface area contributed by atoms with E-state index in [4.69, 9.17) is 10.5 Å². The molecule has 0 radical (unpaired) electrons. The van der Waals surface area contributed by atoms with E-state index >= 15 is 0 Å². The zero-order valence-corrected chi connectivity index (χ0v) is 12.3. The number of nitrogens with zero attached hydrogens (tertiary/aromatic N) is 1. The van der Waals surface area contributed by atoms with Crippen molar-refractivity contribution in [3.8, 4) is 5.75 Å². The number of ether oxygens (including phenoxy) is 1. The Balaban J connectivity index is 1.91. The Kier molecular flexibility index (Phi) is 5.01. The van der Waals surface area contributed by atoms with Gasteiger partial charge in [0.2, 0.25) is 5.91 Å². The fraction of sp³-hybridized carbons (Fsp3) is 0.562. The summed E-state index contributed by atoms with van der Waals surface area (Å²) in [6.45, 7) is 0.697.